The summed E-state index contributed by atoms with van der Waals surface area (Å²) in [5.41, 5.74) is -0.753. The van der Waals surface area contributed by atoms with Gasteiger partial charge in [0.2, 0.25) is 0 Å². The van der Waals surface area contributed by atoms with E-state index in [2.05, 4.69) is 34.6 Å². The maximum Gasteiger partial charge on any atom is 0.309 e. The Hall–Kier alpha value is -0.900. The third-order valence-corrected chi connectivity index (χ3v) is 13.7. The summed E-state index contributed by atoms with van der Waals surface area (Å²) in [5.74, 6) is 2.33. The lowest BCUT2D eigenvalue weighted by molar-refractivity contribution is -0.240. The molecule has 34 heavy (non-hydrogen) atoms. The molecule has 0 aliphatic heterocycles. The highest BCUT2D eigenvalue weighted by molar-refractivity contribution is 5.86. The largest absolute Gasteiger partial charge is 0.481 e. The first-order chi connectivity index (χ1) is 15.8. The van der Waals surface area contributed by atoms with Gasteiger partial charge in [-0.2, -0.15) is 0 Å². The summed E-state index contributed by atoms with van der Waals surface area (Å²) in [6.45, 7) is 14.1. The highest BCUT2D eigenvalue weighted by atomic mass is 16.4. The van der Waals surface area contributed by atoms with Gasteiger partial charge in [-0.05, 0) is 110 Å². The maximum absolute atomic E-state index is 13.0. The van der Waals surface area contributed by atoms with E-state index >= 15 is 0 Å². The number of aliphatic hydroxyl groups is 1. The van der Waals surface area contributed by atoms with Crippen LogP contribution in [0.3, 0.4) is 0 Å². The van der Waals surface area contributed by atoms with Crippen LogP contribution in [0.4, 0.5) is 0 Å². The molecule has 0 amide bonds. The number of carbonyl (C=O) groups excluding carboxylic acids is 1. The molecule has 5 fully saturated rings. The molecule has 2 N–H and O–H groups in total. The molecular weight excluding hydrogens is 424 g/mol. The molecule has 5 aliphatic carbocycles. The molecule has 5 rings (SSSR count). The maximum atomic E-state index is 13.0. The number of fused-ring (bicyclic) bond motifs is 7. The van der Waals surface area contributed by atoms with Crippen LogP contribution in [0, 0.1) is 62.6 Å². The number of rotatable bonds is 3. The lowest BCUT2D eigenvalue weighted by atomic mass is 9.32. The molecule has 192 valence electrons. The number of ketones is 1. The summed E-state index contributed by atoms with van der Waals surface area (Å²) in [6, 6.07) is 0. The minimum absolute atomic E-state index is 0.0330. The van der Waals surface area contributed by atoms with Gasteiger partial charge < -0.3 is 10.2 Å². The Bertz CT molecular complexity index is 881. The Morgan fingerprint density at radius 1 is 0.912 bits per heavy atom. The highest BCUT2D eigenvalue weighted by Crippen LogP contribution is 2.77. The number of carbonyl (C=O) groups is 2. The summed E-state index contributed by atoms with van der Waals surface area (Å²) in [4.78, 5) is 25.8. The van der Waals surface area contributed by atoms with Crippen LogP contribution >= 0.6 is 0 Å². The van der Waals surface area contributed by atoms with Crippen molar-refractivity contribution in [3.63, 3.8) is 0 Å². The second-order valence-electron chi connectivity index (χ2n) is 14.6. The van der Waals surface area contributed by atoms with Crippen LogP contribution in [-0.2, 0) is 9.59 Å². The molecule has 0 radical (unpaired) electrons. The SMILES string of the molecule is CC(C)C1CCC2(C(=O)O)CCC3(C)C(CCC4C5(C)CCC(=O)C(C)(CO)C5CCC43C)C12. The number of Topliss-reactive ketones (excluding diaryl/α,β-unsaturated/α-hetero) is 1. The van der Waals surface area contributed by atoms with Crippen molar-refractivity contribution in [1.82, 2.24) is 0 Å². The third-order valence-electron chi connectivity index (χ3n) is 13.7. The summed E-state index contributed by atoms with van der Waals surface area (Å²) in [6.07, 6.45) is 9.72. The average Bonchev–Trinajstić information content (AvgIpc) is 3.18. The van der Waals surface area contributed by atoms with Crippen LogP contribution in [0.5, 0.6) is 0 Å². The van der Waals surface area contributed by atoms with Crippen molar-refractivity contribution >= 4 is 11.8 Å². The fourth-order valence-corrected chi connectivity index (χ4v) is 11.6. The number of hydrogen-bond donors (Lipinski definition) is 2. The van der Waals surface area contributed by atoms with E-state index in [-0.39, 0.29) is 34.6 Å². The average molecular weight is 473 g/mol. The van der Waals surface area contributed by atoms with Gasteiger partial charge in [-0.15, -0.1) is 0 Å². The fraction of sp³-hybridized carbons (Fsp3) is 0.933. The van der Waals surface area contributed by atoms with Crippen molar-refractivity contribution in [2.75, 3.05) is 6.61 Å². The summed E-state index contributed by atoms with van der Waals surface area (Å²) < 4.78 is 0. The van der Waals surface area contributed by atoms with E-state index in [1.54, 1.807) is 0 Å². The van der Waals surface area contributed by atoms with Gasteiger partial charge in [0.15, 0.2) is 0 Å². The van der Waals surface area contributed by atoms with Crippen LogP contribution in [0.15, 0.2) is 0 Å². The molecule has 4 nitrogen and oxygen atoms in total. The van der Waals surface area contributed by atoms with Gasteiger partial charge in [-0.25, -0.2) is 0 Å². The monoisotopic (exact) mass is 472 g/mol. The molecule has 0 heterocycles. The zero-order chi connectivity index (χ0) is 24.9. The molecule has 0 aromatic rings. The summed E-state index contributed by atoms with van der Waals surface area (Å²) in [5, 5.41) is 20.9. The normalized spacial score (nSPS) is 54.7. The Morgan fingerprint density at radius 2 is 1.62 bits per heavy atom. The number of aliphatic carboxylic acids is 1. The first kappa shape index (κ1) is 24.8. The van der Waals surface area contributed by atoms with Gasteiger partial charge >= 0.3 is 5.97 Å². The van der Waals surface area contributed by atoms with Crippen molar-refractivity contribution in [3.05, 3.63) is 0 Å². The Morgan fingerprint density at radius 3 is 2.24 bits per heavy atom. The smallest absolute Gasteiger partial charge is 0.309 e. The number of carboxylic acids is 1. The quantitative estimate of drug-likeness (QED) is 0.502. The van der Waals surface area contributed by atoms with Crippen LogP contribution < -0.4 is 0 Å². The van der Waals surface area contributed by atoms with E-state index in [9.17, 15) is 19.8 Å². The highest BCUT2D eigenvalue weighted by Gasteiger charge is 2.72. The molecule has 5 saturated carbocycles. The Labute approximate surface area is 206 Å². The molecule has 0 aromatic carbocycles. The van der Waals surface area contributed by atoms with Gasteiger partial charge in [0.1, 0.15) is 5.78 Å². The predicted octanol–water partition coefficient (Wildman–Crippen LogP) is 6.35. The second-order valence-corrected chi connectivity index (χ2v) is 14.6. The lowest BCUT2D eigenvalue weighted by Gasteiger charge is -2.72. The van der Waals surface area contributed by atoms with Crippen molar-refractivity contribution < 1.29 is 19.8 Å². The molecule has 0 bridgehead atoms. The molecule has 4 heteroatoms. The van der Waals surface area contributed by atoms with E-state index < -0.39 is 16.8 Å². The first-order valence-corrected chi connectivity index (χ1v) is 14.2. The standard InChI is InChI=1S/C30H48O4/c1-18(2)19-9-14-30(25(33)34)16-15-28(5)20(24(19)30)7-8-22-26(3)12-11-23(32)27(4,17-31)21(26)10-13-29(22,28)6/h18-22,24,31H,7-17H2,1-6H3,(H,33,34). The molecule has 5 aliphatic rings. The molecule has 0 saturated heterocycles. The predicted molar refractivity (Wildman–Crippen MR) is 133 cm³/mol. The van der Waals surface area contributed by atoms with Gasteiger partial charge in [-0.1, -0.05) is 41.5 Å². The van der Waals surface area contributed by atoms with Gasteiger partial charge in [-0.3, -0.25) is 9.59 Å². The van der Waals surface area contributed by atoms with Crippen molar-refractivity contribution in [1.29, 1.82) is 0 Å². The van der Waals surface area contributed by atoms with E-state index in [4.69, 9.17) is 0 Å². The van der Waals surface area contributed by atoms with Crippen molar-refractivity contribution in [2.24, 2.45) is 62.6 Å². The molecule has 0 spiro atoms. The molecule has 10 atom stereocenters. The van der Waals surface area contributed by atoms with Gasteiger partial charge in [0.05, 0.1) is 17.4 Å². The molecular formula is C30H48O4. The zero-order valence-electron chi connectivity index (χ0n) is 22.5. The van der Waals surface area contributed by atoms with Crippen molar-refractivity contribution in [2.45, 2.75) is 106 Å². The topological polar surface area (TPSA) is 74.6 Å². The number of carboxylic acid groups (broad SMARTS) is 1. The zero-order valence-corrected chi connectivity index (χ0v) is 22.5. The van der Waals surface area contributed by atoms with E-state index in [1.807, 2.05) is 6.92 Å². The third kappa shape index (κ3) is 2.76. The minimum Gasteiger partial charge on any atom is -0.481 e. The minimum atomic E-state index is -0.606. The van der Waals surface area contributed by atoms with Gasteiger partial charge in [0.25, 0.3) is 0 Å². The Balaban J connectivity index is 1.56. The van der Waals surface area contributed by atoms with E-state index in [1.165, 1.54) is 0 Å². The first-order valence-electron chi connectivity index (χ1n) is 14.2. The lowest BCUT2D eigenvalue weighted by Crippen LogP contribution is -2.67. The molecule has 0 aromatic heterocycles. The van der Waals surface area contributed by atoms with Crippen molar-refractivity contribution in [3.8, 4) is 0 Å². The number of aliphatic hydroxyl groups excluding tert-OH is 1. The summed E-state index contributed by atoms with van der Waals surface area (Å²) >= 11 is 0. The molecule has 10 unspecified atom stereocenters. The van der Waals surface area contributed by atoms with Crippen LogP contribution in [0.25, 0.3) is 0 Å². The van der Waals surface area contributed by atoms with Crippen LogP contribution in [0.1, 0.15) is 106 Å². The second kappa shape index (κ2) is 7.56. The fourth-order valence-electron chi connectivity index (χ4n) is 11.6. The van der Waals surface area contributed by atoms with E-state index in [0.29, 0.717) is 36.0 Å². The number of hydrogen-bond acceptors (Lipinski definition) is 3. The van der Waals surface area contributed by atoms with Crippen LogP contribution in [0.2, 0.25) is 0 Å². The van der Waals surface area contributed by atoms with E-state index in [0.717, 1.165) is 57.8 Å². The van der Waals surface area contributed by atoms with Crippen LogP contribution in [-0.4, -0.2) is 28.6 Å². The van der Waals surface area contributed by atoms with Gasteiger partial charge in [0, 0.05) is 6.42 Å². The summed E-state index contributed by atoms with van der Waals surface area (Å²) in [7, 11) is 0. The Kier molecular flexibility index (Phi) is 5.51.